The average molecular weight is 371 g/mol. The van der Waals surface area contributed by atoms with E-state index >= 15 is 0 Å². The molecule has 0 saturated carbocycles. The average Bonchev–Trinajstić information content (AvgIpc) is 2.69. The standard InChI is InChI=1S/C20H23ClN4O/c1-24(20(26)19-8-4-5-11-22-19)23-14-16-9-12-25(13-10-16)15-17-6-2-3-7-18(17)21/h2-8,11,14,16H,9-10,12-13,15H2,1H3. The van der Waals surface area contributed by atoms with Gasteiger partial charge in [-0.25, -0.2) is 5.01 Å². The van der Waals surface area contributed by atoms with Crippen molar-refractivity contribution < 1.29 is 4.79 Å². The number of pyridine rings is 1. The van der Waals surface area contributed by atoms with Gasteiger partial charge in [0.1, 0.15) is 5.69 Å². The van der Waals surface area contributed by atoms with E-state index in [1.165, 1.54) is 10.6 Å². The summed E-state index contributed by atoms with van der Waals surface area (Å²) >= 11 is 6.25. The Labute approximate surface area is 159 Å². The Kier molecular flexibility index (Phi) is 6.36. The fraction of sp³-hybridized carbons (Fsp3) is 0.350. The molecule has 1 aromatic carbocycles. The Balaban J connectivity index is 1.48. The highest BCUT2D eigenvalue weighted by molar-refractivity contribution is 6.31. The van der Waals surface area contributed by atoms with Crippen LogP contribution in [-0.4, -0.2) is 47.2 Å². The lowest BCUT2D eigenvalue weighted by atomic mass is 9.98. The third kappa shape index (κ3) is 4.90. The van der Waals surface area contributed by atoms with Gasteiger partial charge in [0, 0.05) is 31.0 Å². The summed E-state index contributed by atoms with van der Waals surface area (Å²) in [5, 5.41) is 6.51. The zero-order valence-corrected chi connectivity index (χ0v) is 15.6. The number of hydrogen-bond donors (Lipinski definition) is 0. The molecular formula is C20H23ClN4O. The van der Waals surface area contributed by atoms with Crippen LogP contribution >= 0.6 is 11.6 Å². The van der Waals surface area contributed by atoms with Crippen molar-refractivity contribution in [1.29, 1.82) is 0 Å². The second kappa shape index (κ2) is 8.92. The summed E-state index contributed by atoms with van der Waals surface area (Å²) in [6, 6.07) is 13.3. The molecule has 136 valence electrons. The molecule has 0 spiro atoms. The van der Waals surface area contributed by atoms with Gasteiger partial charge in [-0.2, -0.15) is 5.10 Å². The Hall–Kier alpha value is -2.24. The molecule has 0 atom stereocenters. The van der Waals surface area contributed by atoms with Crippen LogP contribution in [0.4, 0.5) is 0 Å². The summed E-state index contributed by atoms with van der Waals surface area (Å²) < 4.78 is 0. The van der Waals surface area contributed by atoms with Crippen molar-refractivity contribution in [1.82, 2.24) is 14.9 Å². The van der Waals surface area contributed by atoms with E-state index in [1.807, 2.05) is 24.4 Å². The van der Waals surface area contributed by atoms with Crippen molar-refractivity contribution in [3.8, 4) is 0 Å². The van der Waals surface area contributed by atoms with Gasteiger partial charge >= 0.3 is 0 Å². The number of halogens is 1. The van der Waals surface area contributed by atoms with Crippen molar-refractivity contribution >= 4 is 23.7 Å². The zero-order chi connectivity index (χ0) is 18.4. The fourth-order valence-corrected chi connectivity index (χ4v) is 3.22. The van der Waals surface area contributed by atoms with Crippen molar-refractivity contribution in [3.05, 3.63) is 64.9 Å². The van der Waals surface area contributed by atoms with E-state index in [4.69, 9.17) is 11.6 Å². The van der Waals surface area contributed by atoms with Crippen molar-refractivity contribution in [3.63, 3.8) is 0 Å². The molecule has 5 nitrogen and oxygen atoms in total. The highest BCUT2D eigenvalue weighted by atomic mass is 35.5. The van der Waals surface area contributed by atoms with E-state index in [1.54, 1.807) is 31.4 Å². The van der Waals surface area contributed by atoms with Crippen LogP contribution in [0.25, 0.3) is 0 Å². The first-order valence-corrected chi connectivity index (χ1v) is 9.20. The van der Waals surface area contributed by atoms with Crippen LogP contribution in [0.2, 0.25) is 5.02 Å². The minimum atomic E-state index is -0.196. The van der Waals surface area contributed by atoms with Crippen molar-refractivity contribution in [2.45, 2.75) is 19.4 Å². The lowest BCUT2D eigenvalue weighted by Gasteiger charge is -2.30. The van der Waals surface area contributed by atoms with E-state index in [2.05, 4.69) is 21.1 Å². The minimum absolute atomic E-state index is 0.196. The van der Waals surface area contributed by atoms with Gasteiger partial charge in [0.15, 0.2) is 0 Å². The fourth-order valence-electron chi connectivity index (χ4n) is 3.03. The van der Waals surface area contributed by atoms with E-state index < -0.39 is 0 Å². The number of amides is 1. The molecule has 0 unspecified atom stereocenters. The van der Waals surface area contributed by atoms with E-state index in [9.17, 15) is 4.79 Å². The molecular weight excluding hydrogens is 348 g/mol. The third-order valence-electron chi connectivity index (χ3n) is 4.61. The molecule has 1 aliphatic rings. The lowest BCUT2D eigenvalue weighted by Crippen LogP contribution is -2.34. The Morgan fingerprint density at radius 1 is 1.27 bits per heavy atom. The van der Waals surface area contributed by atoms with E-state index in [0.29, 0.717) is 11.6 Å². The van der Waals surface area contributed by atoms with Gasteiger partial charge in [0.2, 0.25) is 0 Å². The molecule has 1 aromatic heterocycles. The van der Waals surface area contributed by atoms with Crippen molar-refractivity contribution in [2.24, 2.45) is 11.0 Å². The largest absolute Gasteiger partial charge is 0.299 e. The smallest absolute Gasteiger partial charge is 0.292 e. The number of carbonyl (C=O) groups is 1. The van der Waals surface area contributed by atoms with Gasteiger partial charge in [0.05, 0.1) is 0 Å². The number of piperidine rings is 1. The number of likely N-dealkylation sites (tertiary alicyclic amines) is 1. The Morgan fingerprint density at radius 2 is 2.00 bits per heavy atom. The van der Waals surface area contributed by atoms with Crippen LogP contribution in [0.1, 0.15) is 28.9 Å². The van der Waals surface area contributed by atoms with Crippen LogP contribution in [0.5, 0.6) is 0 Å². The molecule has 26 heavy (non-hydrogen) atoms. The monoisotopic (exact) mass is 370 g/mol. The van der Waals surface area contributed by atoms with Crippen LogP contribution in [0.15, 0.2) is 53.8 Å². The van der Waals surface area contributed by atoms with Gasteiger partial charge in [-0.3, -0.25) is 14.7 Å². The second-order valence-corrected chi connectivity index (χ2v) is 6.92. The molecule has 3 rings (SSSR count). The summed E-state index contributed by atoms with van der Waals surface area (Å²) in [4.78, 5) is 18.7. The topological polar surface area (TPSA) is 48.8 Å². The first kappa shape index (κ1) is 18.5. The highest BCUT2D eigenvalue weighted by Gasteiger charge is 2.19. The molecule has 0 bridgehead atoms. The summed E-state index contributed by atoms with van der Waals surface area (Å²) in [7, 11) is 1.67. The normalized spacial score (nSPS) is 16.1. The highest BCUT2D eigenvalue weighted by Crippen LogP contribution is 2.21. The summed E-state index contributed by atoms with van der Waals surface area (Å²) in [6.07, 6.45) is 5.56. The zero-order valence-electron chi connectivity index (χ0n) is 14.9. The maximum atomic E-state index is 12.2. The number of hydrogen-bond acceptors (Lipinski definition) is 4. The predicted octanol–water partition coefficient (Wildman–Crippen LogP) is 3.71. The number of benzene rings is 1. The van der Waals surface area contributed by atoms with Crippen LogP contribution in [0.3, 0.4) is 0 Å². The number of hydrazone groups is 1. The molecule has 2 aromatic rings. The molecule has 1 aliphatic heterocycles. The van der Waals surface area contributed by atoms with Gasteiger partial charge in [-0.05, 0) is 55.6 Å². The Morgan fingerprint density at radius 3 is 2.69 bits per heavy atom. The van der Waals surface area contributed by atoms with Gasteiger partial charge in [-0.1, -0.05) is 35.9 Å². The third-order valence-corrected chi connectivity index (χ3v) is 4.98. The van der Waals surface area contributed by atoms with Crippen molar-refractivity contribution in [2.75, 3.05) is 20.1 Å². The molecule has 0 radical (unpaired) electrons. The maximum absolute atomic E-state index is 12.2. The van der Waals surface area contributed by atoms with E-state index in [-0.39, 0.29) is 5.91 Å². The molecule has 6 heteroatoms. The molecule has 1 fully saturated rings. The van der Waals surface area contributed by atoms with Gasteiger partial charge in [-0.15, -0.1) is 0 Å². The maximum Gasteiger partial charge on any atom is 0.292 e. The predicted molar refractivity (Wildman–Crippen MR) is 104 cm³/mol. The summed E-state index contributed by atoms with van der Waals surface area (Å²) in [5.41, 5.74) is 1.57. The Bertz CT molecular complexity index is 757. The SMILES string of the molecule is CN(N=CC1CCN(Cc2ccccc2Cl)CC1)C(=O)c1ccccn1. The number of rotatable bonds is 5. The minimum Gasteiger partial charge on any atom is -0.299 e. The van der Waals surface area contributed by atoms with E-state index in [0.717, 1.165) is 37.5 Å². The van der Waals surface area contributed by atoms with Crippen LogP contribution in [0, 0.1) is 5.92 Å². The lowest BCUT2D eigenvalue weighted by molar-refractivity contribution is 0.0793. The number of carbonyl (C=O) groups excluding carboxylic acids is 1. The van der Waals surface area contributed by atoms with Crippen LogP contribution < -0.4 is 0 Å². The molecule has 0 aliphatic carbocycles. The summed E-state index contributed by atoms with van der Waals surface area (Å²) in [5.74, 6) is 0.189. The van der Waals surface area contributed by atoms with Gasteiger partial charge in [0.25, 0.3) is 5.91 Å². The molecule has 2 heterocycles. The van der Waals surface area contributed by atoms with Gasteiger partial charge < -0.3 is 0 Å². The first-order chi connectivity index (χ1) is 12.6. The number of aromatic nitrogens is 1. The summed E-state index contributed by atoms with van der Waals surface area (Å²) in [6.45, 7) is 2.88. The molecule has 1 amide bonds. The first-order valence-electron chi connectivity index (χ1n) is 8.82. The van der Waals surface area contributed by atoms with Crippen LogP contribution in [-0.2, 0) is 6.54 Å². The second-order valence-electron chi connectivity index (χ2n) is 6.51. The molecule has 1 saturated heterocycles. The molecule has 0 N–H and O–H groups in total. The quantitative estimate of drug-likeness (QED) is 0.595. The number of nitrogens with zero attached hydrogens (tertiary/aromatic N) is 4.